The van der Waals surface area contributed by atoms with Crippen molar-refractivity contribution in [2.24, 2.45) is 0 Å². The number of nitrogens with one attached hydrogen (secondary N) is 2. The van der Waals surface area contributed by atoms with Crippen molar-refractivity contribution >= 4 is 34.2 Å². The minimum atomic E-state index is -0.394. The van der Waals surface area contributed by atoms with Gasteiger partial charge in [0.15, 0.2) is 5.76 Å². The number of nitrogen functional groups attached to an aromatic ring is 1. The van der Waals surface area contributed by atoms with E-state index in [1.54, 1.807) is 54.6 Å². The number of ether oxygens (including phenoxy) is 2. The minimum absolute atomic E-state index is 0.0298. The number of nitrogens with zero attached hydrogens (tertiary/aromatic N) is 1. The van der Waals surface area contributed by atoms with Crippen LogP contribution in [0.4, 0.5) is 11.4 Å². The Morgan fingerprint density at radius 1 is 1.02 bits per heavy atom. The molecule has 0 bridgehead atoms. The number of amides is 2. The Hall–Kier alpha value is -4.38. The van der Waals surface area contributed by atoms with Gasteiger partial charge in [-0.1, -0.05) is 30.3 Å². The minimum Gasteiger partial charge on any atom is -0.492 e. The van der Waals surface area contributed by atoms with Crippen LogP contribution >= 0.6 is 0 Å². The van der Waals surface area contributed by atoms with Crippen molar-refractivity contribution in [3.63, 3.8) is 0 Å². The van der Waals surface area contributed by atoms with Crippen LogP contribution in [0.15, 0.2) is 83.3 Å². The quantitative estimate of drug-likeness (QED) is 0.190. The van der Waals surface area contributed by atoms with Crippen molar-refractivity contribution in [3.8, 4) is 5.75 Å². The molecule has 208 valence electrons. The third-order valence-electron chi connectivity index (χ3n) is 6.44. The van der Waals surface area contributed by atoms with Crippen LogP contribution in [0.25, 0.3) is 11.0 Å². The Morgan fingerprint density at radius 3 is 2.60 bits per heavy atom. The summed E-state index contributed by atoms with van der Waals surface area (Å²) in [7, 11) is 0. The first-order valence-electron chi connectivity index (χ1n) is 13.2. The van der Waals surface area contributed by atoms with Gasteiger partial charge in [-0.2, -0.15) is 0 Å². The largest absolute Gasteiger partial charge is 0.492 e. The van der Waals surface area contributed by atoms with E-state index in [0.29, 0.717) is 47.9 Å². The van der Waals surface area contributed by atoms with Crippen LogP contribution in [0.2, 0.25) is 0 Å². The maximum atomic E-state index is 13.3. The predicted octanol–water partition coefficient (Wildman–Crippen LogP) is 4.10. The summed E-state index contributed by atoms with van der Waals surface area (Å²) >= 11 is 0. The van der Waals surface area contributed by atoms with E-state index in [1.807, 2.05) is 24.3 Å². The SMILES string of the molecule is Nc1ccccc1NC(=O)c1ccc(OCCN(OCCC2CNCCO2)C(=O)c2cc3ccccc3o2)cc1. The molecular weight excluding hydrogens is 512 g/mol. The monoisotopic (exact) mass is 544 g/mol. The number of carbonyl (C=O) groups is 2. The van der Waals surface area contributed by atoms with Crippen LogP contribution in [0.1, 0.15) is 27.3 Å². The van der Waals surface area contributed by atoms with Crippen LogP contribution in [0.3, 0.4) is 0 Å². The third kappa shape index (κ3) is 6.97. The molecular formula is C30H32N4O6. The Labute approximate surface area is 231 Å². The smallest absolute Gasteiger partial charge is 0.313 e. The predicted molar refractivity (Wildman–Crippen MR) is 151 cm³/mol. The van der Waals surface area contributed by atoms with E-state index in [2.05, 4.69) is 10.6 Å². The number of carbonyl (C=O) groups excluding carboxylic acids is 2. The molecule has 0 saturated carbocycles. The Kier molecular flexibility index (Phi) is 8.92. The average Bonchev–Trinajstić information content (AvgIpc) is 3.43. The van der Waals surface area contributed by atoms with Gasteiger partial charge >= 0.3 is 5.91 Å². The van der Waals surface area contributed by atoms with Crippen molar-refractivity contribution < 1.29 is 28.3 Å². The van der Waals surface area contributed by atoms with Gasteiger partial charge in [-0.15, -0.1) is 0 Å². The normalized spacial score (nSPS) is 15.1. The summed E-state index contributed by atoms with van der Waals surface area (Å²) in [6.07, 6.45) is 0.665. The molecule has 3 aromatic carbocycles. The van der Waals surface area contributed by atoms with Gasteiger partial charge in [0.05, 0.1) is 37.2 Å². The first-order chi connectivity index (χ1) is 19.6. The van der Waals surface area contributed by atoms with Crippen LogP contribution in [0, 0.1) is 0 Å². The van der Waals surface area contributed by atoms with Gasteiger partial charge in [0, 0.05) is 30.5 Å². The lowest BCUT2D eigenvalue weighted by Gasteiger charge is -2.25. The fraction of sp³-hybridized carbons (Fsp3) is 0.267. The number of hydroxylamine groups is 2. The molecule has 1 atom stereocenters. The molecule has 1 aromatic heterocycles. The summed E-state index contributed by atoms with van der Waals surface area (Å²) in [6, 6.07) is 22.9. The highest BCUT2D eigenvalue weighted by molar-refractivity contribution is 6.05. The number of nitrogens with two attached hydrogens (primary N) is 1. The van der Waals surface area contributed by atoms with Gasteiger partial charge in [-0.05, 0) is 48.5 Å². The highest BCUT2D eigenvalue weighted by Crippen LogP contribution is 2.21. The lowest BCUT2D eigenvalue weighted by Crippen LogP contribution is -2.40. The molecule has 1 unspecified atom stereocenters. The molecule has 4 N–H and O–H groups in total. The van der Waals surface area contributed by atoms with E-state index in [-0.39, 0.29) is 30.9 Å². The number of para-hydroxylation sites is 3. The highest BCUT2D eigenvalue weighted by atomic mass is 16.7. The zero-order valence-electron chi connectivity index (χ0n) is 22.0. The second-order valence-electron chi connectivity index (χ2n) is 9.29. The fourth-order valence-corrected chi connectivity index (χ4v) is 4.29. The van der Waals surface area contributed by atoms with Gasteiger partial charge in [0.25, 0.3) is 5.91 Å². The Balaban J connectivity index is 1.18. The number of fused-ring (bicyclic) bond motifs is 1. The summed E-state index contributed by atoms with van der Waals surface area (Å²) in [5, 5.41) is 8.18. The second kappa shape index (κ2) is 13.1. The second-order valence-corrected chi connectivity index (χ2v) is 9.29. The Bertz CT molecular complexity index is 1400. The maximum Gasteiger partial charge on any atom is 0.313 e. The van der Waals surface area contributed by atoms with Crippen molar-refractivity contribution in [1.29, 1.82) is 0 Å². The molecule has 5 rings (SSSR count). The van der Waals surface area contributed by atoms with E-state index in [1.165, 1.54) is 5.06 Å². The average molecular weight is 545 g/mol. The zero-order valence-corrected chi connectivity index (χ0v) is 22.0. The molecule has 1 fully saturated rings. The molecule has 0 spiro atoms. The van der Waals surface area contributed by atoms with Crippen molar-refractivity contribution in [2.75, 3.05) is 50.5 Å². The molecule has 1 aliphatic heterocycles. The molecule has 2 heterocycles. The number of benzene rings is 3. The standard InChI is InChI=1S/C30H32N4O6/c31-25-6-2-3-7-26(25)33-29(35)21-9-11-23(12-10-21)38-18-15-34(39-16-13-24-20-32-14-17-37-24)30(36)28-19-22-5-1-4-8-27(22)40-28/h1-12,19,24,32H,13-18,20,31H2,(H,33,35). The number of hydrogen-bond donors (Lipinski definition) is 3. The van der Waals surface area contributed by atoms with Crippen LogP contribution in [-0.2, 0) is 9.57 Å². The molecule has 40 heavy (non-hydrogen) atoms. The van der Waals surface area contributed by atoms with Gasteiger partial charge in [-0.25, -0.2) is 5.06 Å². The number of furan rings is 1. The van der Waals surface area contributed by atoms with Crippen molar-refractivity contribution in [1.82, 2.24) is 10.4 Å². The fourth-order valence-electron chi connectivity index (χ4n) is 4.29. The molecule has 10 nitrogen and oxygen atoms in total. The molecule has 2 amide bonds. The van der Waals surface area contributed by atoms with Crippen LogP contribution < -0.4 is 21.1 Å². The van der Waals surface area contributed by atoms with E-state index in [4.69, 9.17) is 24.5 Å². The molecule has 10 heteroatoms. The molecule has 1 saturated heterocycles. The highest BCUT2D eigenvalue weighted by Gasteiger charge is 2.22. The summed E-state index contributed by atoms with van der Waals surface area (Å²) in [5.41, 5.74) is 8.03. The summed E-state index contributed by atoms with van der Waals surface area (Å²) < 4.78 is 17.3. The maximum absolute atomic E-state index is 13.3. The number of rotatable bonds is 11. The van der Waals surface area contributed by atoms with Gasteiger partial charge in [0.1, 0.15) is 17.9 Å². The first kappa shape index (κ1) is 27.2. The summed E-state index contributed by atoms with van der Waals surface area (Å²) in [4.78, 5) is 31.8. The number of hydrogen-bond acceptors (Lipinski definition) is 8. The van der Waals surface area contributed by atoms with E-state index in [0.717, 1.165) is 18.5 Å². The van der Waals surface area contributed by atoms with Crippen LogP contribution in [0.5, 0.6) is 5.75 Å². The van der Waals surface area contributed by atoms with E-state index < -0.39 is 5.91 Å². The van der Waals surface area contributed by atoms with E-state index in [9.17, 15) is 9.59 Å². The molecule has 4 aromatic rings. The first-order valence-corrected chi connectivity index (χ1v) is 13.2. The zero-order chi connectivity index (χ0) is 27.7. The number of morpholine rings is 1. The Morgan fingerprint density at radius 2 is 1.82 bits per heavy atom. The van der Waals surface area contributed by atoms with Crippen LogP contribution in [-0.4, -0.2) is 62.4 Å². The van der Waals surface area contributed by atoms with Gasteiger partial charge < -0.3 is 30.3 Å². The number of anilines is 2. The molecule has 0 aliphatic carbocycles. The van der Waals surface area contributed by atoms with Crippen molar-refractivity contribution in [3.05, 3.63) is 90.2 Å². The third-order valence-corrected chi connectivity index (χ3v) is 6.44. The summed E-state index contributed by atoms with van der Waals surface area (Å²) in [5.74, 6) is 0.0621. The lowest BCUT2D eigenvalue weighted by molar-refractivity contribution is -0.137. The lowest BCUT2D eigenvalue weighted by atomic mass is 10.2. The molecule has 1 aliphatic rings. The van der Waals surface area contributed by atoms with Crippen molar-refractivity contribution in [2.45, 2.75) is 12.5 Å². The van der Waals surface area contributed by atoms with Gasteiger partial charge in [-0.3, -0.25) is 14.4 Å². The van der Waals surface area contributed by atoms with E-state index >= 15 is 0 Å². The summed E-state index contributed by atoms with van der Waals surface area (Å²) in [6.45, 7) is 2.86. The van der Waals surface area contributed by atoms with Gasteiger partial charge in [0.2, 0.25) is 0 Å². The molecule has 0 radical (unpaired) electrons. The topological polar surface area (TPSA) is 128 Å².